The lowest BCUT2D eigenvalue weighted by Crippen LogP contribution is -2.61. The fourth-order valence-corrected chi connectivity index (χ4v) is 12.5. The molecule has 0 bridgehead atoms. The van der Waals surface area contributed by atoms with Crippen LogP contribution < -0.4 is 36.0 Å². The van der Waals surface area contributed by atoms with Crippen LogP contribution in [0.1, 0.15) is 19.4 Å². The minimum Gasteiger partial charge on any atom is -0.438 e. The van der Waals surface area contributed by atoms with Gasteiger partial charge in [0.15, 0.2) is 0 Å². The van der Waals surface area contributed by atoms with E-state index < -0.39 is 13.7 Å². The fourth-order valence-electron chi connectivity index (χ4n) is 12.2. The largest absolute Gasteiger partial charge is 0.438 e. The number of hydrogen-bond donors (Lipinski definition) is 0. The Balaban J connectivity index is 0.000000148. The van der Waals surface area contributed by atoms with Crippen molar-refractivity contribution in [2.45, 2.75) is 13.7 Å². The van der Waals surface area contributed by atoms with Gasteiger partial charge in [-0.25, -0.2) is 9.97 Å². The van der Waals surface area contributed by atoms with E-state index in [1.807, 2.05) is 163 Å². The Morgan fingerprint density at radius 2 is 0.866 bits per heavy atom. The zero-order valence-corrected chi connectivity index (χ0v) is 44.6. The summed E-state index contributed by atoms with van der Waals surface area (Å²) in [6, 6.07) is 84.7. The van der Waals surface area contributed by atoms with E-state index in [0.29, 0.717) is 43.7 Å². The molecule has 2 aliphatic rings. The van der Waals surface area contributed by atoms with Gasteiger partial charge in [-0.3, -0.25) is 0 Å². The van der Waals surface area contributed by atoms with Crippen LogP contribution in [0.3, 0.4) is 0 Å². The van der Waals surface area contributed by atoms with E-state index in [-0.39, 0.29) is 23.6 Å². The summed E-state index contributed by atoms with van der Waals surface area (Å²) in [4.78, 5) is 17.7. The first-order valence-electron chi connectivity index (χ1n) is 30.0. The number of rotatable bonds is 8. The predicted molar refractivity (Wildman–Crippen MR) is 341 cm³/mol. The number of aryl methyl sites for hydroxylation is 2. The third-order valence-electron chi connectivity index (χ3n) is 15.5. The second-order valence-corrected chi connectivity index (χ2v) is 20.5. The number of anilines is 12. The second-order valence-electron chi connectivity index (χ2n) is 20.1. The minimum absolute atomic E-state index is 0.0884. The summed E-state index contributed by atoms with van der Waals surface area (Å²) in [6.07, 6.45) is 2.99. The van der Waals surface area contributed by atoms with Crippen LogP contribution >= 0.6 is 11.6 Å². The van der Waals surface area contributed by atoms with Crippen LogP contribution in [0.5, 0.6) is 0 Å². The van der Waals surface area contributed by atoms with Crippen LogP contribution in [0, 0.1) is 13.7 Å². The highest BCUT2D eigenvalue weighted by molar-refractivity contribution is 7.00. The summed E-state index contributed by atoms with van der Waals surface area (Å²) < 4.78 is 62.4. The Morgan fingerprint density at radius 1 is 0.402 bits per heavy atom. The van der Waals surface area contributed by atoms with Crippen molar-refractivity contribution >= 4 is 147 Å². The number of nitrogens with zero attached hydrogens (tertiary/aromatic N) is 6. The molecule has 0 spiro atoms. The molecule has 0 radical (unpaired) electrons. The molecule has 14 aromatic rings. The van der Waals surface area contributed by atoms with Gasteiger partial charge in [-0.2, -0.15) is 0 Å². The van der Waals surface area contributed by atoms with Crippen LogP contribution in [0.4, 0.5) is 68.2 Å². The molecule has 8 nitrogen and oxygen atoms in total. The molecule has 10 aromatic carbocycles. The number of pyridine rings is 2. The smallest absolute Gasteiger partial charge is 0.252 e. The normalized spacial score (nSPS) is 13.6. The van der Waals surface area contributed by atoms with Gasteiger partial charge in [-0.05, 0) is 163 Å². The third-order valence-corrected chi connectivity index (χ3v) is 15.9. The quantitative estimate of drug-likeness (QED) is 0.140. The molecule has 0 aliphatic carbocycles. The van der Waals surface area contributed by atoms with Gasteiger partial charge in [0.1, 0.15) is 11.2 Å². The van der Waals surface area contributed by atoms with Crippen molar-refractivity contribution in [1.29, 1.82) is 0 Å². The molecule has 2 aliphatic heterocycles. The van der Waals surface area contributed by atoms with Crippen LogP contribution in [0.2, 0.25) is 5.02 Å². The van der Waals surface area contributed by atoms with Crippen molar-refractivity contribution in [3.05, 3.63) is 283 Å². The van der Waals surface area contributed by atoms with Crippen molar-refractivity contribution in [2.75, 3.05) is 19.6 Å². The molecule has 0 fully saturated rings. The first-order valence-corrected chi connectivity index (χ1v) is 27.4. The maximum absolute atomic E-state index is 8.40. The molecule has 82 heavy (non-hydrogen) atoms. The number of furan rings is 2. The molecule has 6 heterocycles. The first-order chi connectivity index (χ1) is 42.9. The SMILES string of the molecule is [2H]C([2H])([2H])c1ccnc2oc3ccc4c(c3c12)N(c1ccccc1)c1cccc2c1B4c1ccccc1N2c1ccccc1.[2H]C([2H])([2H])c1ccnc2oc3cccc(N(c4ccccc4)c4cccc(N(c5ccccc5)c5ccccc5)c4Cl)c3c12. The summed E-state index contributed by atoms with van der Waals surface area (Å²) in [5, 5.41) is 2.93. The Kier molecular flexibility index (Phi) is 10.4. The summed E-state index contributed by atoms with van der Waals surface area (Å²) in [5.74, 6) is 0. The summed E-state index contributed by atoms with van der Waals surface area (Å²) in [7, 11) is 0. The third kappa shape index (κ3) is 7.92. The van der Waals surface area contributed by atoms with E-state index in [9.17, 15) is 0 Å². The topological polar surface area (TPSA) is 65.0 Å². The number of aromatic nitrogens is 2. The Morgan fingerprint density at radius 3 is 1.48 bits per heavy atom. The molecule has 0 N–H and O–H groups in total. The van der Waals surface area contributed by atoms with Gasteiger partial charge in [0, 0.05) is 66.1 Å². The first kappa shape index (κ1) is 42.6. The molecule has 390 valence electrons. The molecule has 0 amide bonds. The van der Waals surface area contributed by atoms with Gasteiger partial charge in [0.25, 0.3) is 6.71 Å². The van der Waals surface area contributed by atoms with Crippen molar-refractivity contribution in [2.24, 2.45) is 0 Å². The Hall–Kier alpha value is -10.3. The van der Waals surface area contributed by atoms with Crippen LogP contribution in [0.25, 0.3) is 44.1 Å². The Bertz CT molecular complexity index is 4920. The highest BCUT2D eigenvalue weighted by Gasteiger charge is 2.44. The van der Waals surface area contributed by atoms with E-state index in [1.54, 1.807) is 12.1 Å². The molecular weight excluding hydrogens is 1030 g/mol. The predicted octanol–water partition coefficient (Wildman–Crippen LogP) is 18.3. The lowest BCUT2D eigenvalue weighted by atomic mass is 9.33. The average molecular weight is 1080 g/mol. The summed E-state index contributed by atoms with van der Waals surface area (Å²) >= 11 is 7.44. The van der Waals surface area contributed by atoms with Gasteiger partial charge in [0.05, 0.1) is 49.3 Å². The van der Waals surface area contributed by atoms with Gasteiger partial charge < -0.3 is 28.4 Å². The molecule has 10 heteroatoms. The average Bonchev–Trinajstić information content (AvgIpc) is 1.01. The monoisotopic (exact) mass is 1080 g/mol. The fraction of sp³-hybridized carbons (Fsp3) is 0.0278. The highest BCUT2D eigenvalue weighted by atomic mass is 35.5. The Labute approximate surface area is 488 Å². The number of halogens is 1. The standard InChI is InChI=1S/C36H24BN3O.C36H26ClN3O/c1-23-21-22-38-36-32(23)33-31(41-36)20-19-27-35(33)40(25-13-6-3-7-14-25)30-18-10-17-29-34(30)37(27)26-15-8-9-16-28(26)39(29)24-11-4-2-5-12-24;1-25-23-24-38-36-33(25)34-29(19-12-22-32(34)41-36)40(28-17-9-4-10-18-28)31-21-11-20-30(35(31)37)39(26-13-5-2-6-14-26)27-15-7-3-8-16-27/h2-22H,1H3;2-24H,1H3/i2*1D3. The lowest BCUT2D eigenvalue weighted by molar-refractivity contribution is 0.653. The van der Waals surface area contributed by atoms with Gasteiger partial charge >= 0.3 is 0 Å². The van der Waals surface area contributed by atoms with Gasteiger partial charge in [-0.1, -0.05) is 145 Å². The zero-order chi connectivity index (χ0) is 59.8. The number of benzene rings is 10. The van der Waals surface area contributed by atoms with Crippen LogP contribution in [-0.4, -0.2) is 16.7 Å². The lowest BCUT2D eigenvalue weighted by Gasteiger charge is -2.44. The number of para-hydroxylation sites is 6. The van der Waals surface area contributed by atoms with E-state index >= 15 is 0 Å². The van der Waals surface area contributed by atoms with Crippen LogP contribution in [-0.2, 0) is 0 Å². The van der Waals surface area contributed by atoms with Crippen molar-refractivity contribution < 1.29 is 17.1 Å². The van der Waals surface area contributed by atoms with Gasteiger partial charge in [0.2, 0.25) is 11.4 Å². The maximum atomic E-state index is 8.40. The summed E-state index contributed by atoms with van der Waals surface area (Å²) in [5.41, 5.74) is 16.9. The molecule has 0 saturated carbocycles. The number of fused-ring (bicyclic) bond motifs is 11. The zero-order valence-electron chi connectivity index (χ0n) is 49.9. The van der Waals surface area contributed by atoms with Gasteiger partial charge in [-0.15, -0.1) is 0 Å². The highest BCUT2D eigenvalue weighted by Crippen LogP contribution is 2.51. The van der Waals surface area contributed by atoms with Crippen LogP contribution in [0.15, 0.2) is 276 Å². The van der Waals surface area contributed by atoms with E-state index in [4.69, 9.17) is 28.7 Å². The molecule has 0 atom stereocenters. The van der Waals surface area contributed by atoms with E-state index in [0.717, 1.165) is 73.4 Å². The number of hydrogen-bond acceptors (Lipinski definition) is 8. The summed E-state index contributed by atoms with van der Waals surface area (Å²) in [6.45, 7) is -4.80. The molecule has 0 saturated heterocycles. The van der Waals surface area contributed by atoms with E-state index in [1.165, 1.54) is 23.3 Å². The van der Waals surface area contributed by atoms with Crippen molar-refractivity contribution in [1.82, 2.24) is 9.97 Å². The molecule has 16 rings (SSSR count). The maximum Gasteiger partial charge on any atom is 0.252 e. The molecule has 0 unspecified atom stereocenters. The van der Waals surface area contributed by atoms with E-state index in [2.05, 4.69) is 110 Å². The van der Waals surface area contributed by atoms with Crippen molar-refractivity contribution in [3.63, 3.8) is 0 Å². The van der Waals surface area contributed by atoms with Crippen molar-refractivity contribution in [3.8, 4) is 0 Å². The molecule has 4 aromatic heterocycles. The molecular formula is C72H50BClN6O2. The minimum atomic E-state index is -2.37. The second kappa shape index (κ2) is 20.1.